The molecule has 1 saturated carbocycles. The maximum absolute atomic E-state index is 9.30. The van der Waals surface area contributed by atoms with Gasteiger partial charge < -0.3 is 10.1 Å². The molecule has 108 valence electrons. The third-order valence-electron chi connectivity index (χ3n) is 3.86. The van der Waals surface area contributed by atoms with Crippen LogP contribution in [-0.2, 0) is 0 Å². The Hall–Kier alpha value is -1.69. The molecule has 0 spiro atoms. The average molecular weight is 272 g/mol. The summed E-state index contributed by atoms with van der Waals surface area (Å²) in [7, 11) is 0. The molecule has 1 aromatic carbocycles. The van der Waals surface area contributed by atoms with Gasteiger partial charge in [-0.2, -0.15) is 5.26 Å². The summed E-state index contributed by atoms with van der Waals surface area (Å²) < 4.78 is 5.58. The van der Waals surface area contributed by atoms with E-state index in [9.17, 15) is 5.26 Å². The molecule has 2 atom stereocenters. The lowest BCUT2D eigenvalue weighted by Crippen LogP contribution is -2.27. The van der Waals surface area contributed by atoms with Crippen LogP contribution in [0.15, 0.2) is 24.3 Å². The molecule has 0 radical (unpaired) electrons. The molecule has 2 unspecified atom stereocenters. The van der Waals surface area contributed by atoms with Crippen molar-refractivity contribution < 1.29 is 4.74 Å². The van der Waals surface area contributed by atoms with Crippen molar-refractivity contribution in [1.82, 2.24) is 0 Å². The predicted octanol–water partition coefficient (Wildman–Crippen LogP) is 4.36. The Morgan fingerprint density at radius 3 is 2.65 bits per heavy atom. The van der Waals surface area contributed by atoms with E-state index in [2.05, 4.69) is 18.3 Å². The first kappa shape index (κ1) is 14.7. The number of hydrogen-bond acceptors (Lipinski definition) is 3. The Bertz CT molecular complexity index is 435. The largest absolute Gasteiger partial charge is 0.494 e. The zero-order chi connectivity index (χ0) is 14.2. The molecule has 0 saturated heterocycles. The highest BCUT2D eigenvalue weighted by molar-refractivity contribution is 5.47. The first-order valence-corrected chi connectivity index (χ1v) is 7.72. The SMILES string of the molecule is CCCOc1ccc(NC2CCCCCC2C#N)cc1. The number of anilines is 1. The van der Waals surface area contributed by atoms with Crippen LogP contribution in [0.5, 0.6) is 5.75 Å². The molecule has 1 N–H and O–H groups in total. The average Bonchev–Trinajstić information content (AvgIpc) is 2.71. The molecule has 1 aliphatic carbocycles. The summed E-state index contributed by atoms with van der Waals surface area (Å²) in [5, 5.41) is 12.8. The quantitative estimate of drug-likeness (QED) is 0.810. The molecular formula is C17H24N2O. The van der Waals surface area contributed by atoms with Crippen molar-refractivity contribution in [3.63, 3.8) is 0 Å². The third-order valence-corrected chi connectivity index (χ3v) is 3.86. The van der Waals surface area contributed by atoms with Gasteiger partial charge in [-0.1, -0.05) is 26.2 Å². The smallest absolute Gasteiger partial charge is 0.119 e. The van der Waals surface area contributed by atoms with Gasteiger partial charge in [0.05, 0.1) is 18.6 Å². The normalized spacial score (nSPS) is 22.6. The minimum absolute atomic E-state index is 0.133. The van der Waals surface area contributed by atoms with E-state index in [-0.39, 0.29) is 12.0 Å². The van der Waals surface area contributed by atoms with E-state index >= 15 is 0 Å². The van der Waals surface area contributed by atoms with Crippen LogP contribution in [0.1, 0.15) is 45.4 Å². The van der Waals surface area contributed by atoms with Crippen LogP contribution >= 0.6 is 0 Å². The summed E-state index contributed by atoms with van der Waals surface area (Å²) in [6.07, 6.45) is 6.78. The molecule has 0 aromatic heterocycles. The maximum atomic E-state index is 9.30. The van der Waals surface area contributed by atoms with Gasteiger partial charge in [-0.05, 0) is 43.5 Å². The van der Waals surface area contributed by atoms with Crippen LogP contribution in [0.25, 0.3) is 0 Å². The van der Waals surface area contributed by atoms with Crippen LogP contribution in [0.4, 0.5) is 5.69 Å². The fourth-order valence-electron chi connectivity index (χ4n) is 2.72. The number of nitriles is 1. The first-order valence-electron chi connectivity index (χ1n) is 7.72. The predicted molar refractivity (Wildman–Crippen MR) is 81.8 cm³/mol. The Balaban J connectivity index is 1.95. The fourth-order valence-corrected chi connectivity index (χ4v) is 2.72. The Morgan fingerprint density at radius 2 is 1.95 bits per heavy atom. The second-order valence-electron chi connectivity index (χ2n) is 5.50. The van der Waals surface area contributed by atoms with Gasteiger partial charge in [0.1, 0.15) is 5.75 Å². The lowest BCUT2D eigenvalue weighted by atomic mass is 9.96. The van der Waals surface area contributed by atoms with Crippen molar-refractivity contribution in [2.45, 2.75) is 51.5 Å². The summed E-state index contributed by atoms with van der Waals surface area (Å²) in [5.74, 6) is 1.05. The summed E-state index contributed by atoms with van der Waals surface area (Å²) in [6, 6.07) is 10.8. The molecule has 1 aliphatic rings. The molecule has 0 bridgehead atoms. The van der Waals surface area contributed by atoms with Gasteiger partial charge in [0.25, 0.3) is 0 Å². The number of rotatable bonds is 5. The highest BCUT2D eigenvalue weighted by Crippen LogP contribution is 2.26. The molecule has 1 fully saturated rings. The van der Waals surface area contributed by atoms with Gasteiger partial charge in [-0.3, -0.25) is 0 Å². The Labute approximate surface area is 121 Å². The van der Waals surface area contributed by atoms with E-state index < -0.39 is 0 Å². The van der Waals surface area contributed by atoms with Crippen molar-refractivity contribution in [1.29, 1.82) is 5.26 Å². The van der Waals surface area contributed by atoms with E-state index in [1.165, 1.54) is 19.3 Å². The van der Waals surface area contributed by atoms with E-state index in [1.807, 2.05) is 24.3 Å². The minimum Gasteiger partial charge on any atom is -0.494 e. The zero-order valence-electron chi connectivity index (χ0n) is 12.3. The minimum atomic E-state index is 0.133. The van der Waals surface area contributed by atoms with Gasteiger partial charge in [-0.15, -0.1) is 0 Å². The van der Waals surface area contributed by atoms with Gasteiger partial charge in [0.15, 0.2) is 0 Å². The van der Waals surface area contributed by atoms with Crippen molar-refractivity contribution in [2.24, 2.45) is 5.92 Å². The third kappa shape index (κ3) is 4.16. The molecular weight excluding hydrogens is 248 g/mol. The molecule has 0 amide bonds. The number of nitrogens with one attached hydrogen (secondary N) is 1. The van der Waals surface area contributed by atoms with Crippen LogP contribution in [-0.4, -0.2) is 12.6 Å². The number of nitrogens with zero attached hydrogens (tertiary/aromatic N) is 1. The van der Waals surface area contributed by atoms with Crippen molar-refractivity contribution in [3.05, 3.63) is 24.3 Å². The zero-order valence-corrected chi connectivity index (χ0v) is 12.3. The van der Waals surface area contributed by atoms with Crippen molar-refractivity contribution in [3.8, 4) is 11.8 Å². The lowest BCUT2D eigenvalue weighted by molar-refractivity contribution is 0.317. The van der Waals surface area contributed by atoms with Gasteiger partial charge >= 0.3 is 0 Å². The van der Waals surface area contributed by atoms with Gasteiger partial charge in [0.2, 0.25) is 0 Å². The molecule has 2 rings (SSSR count). The van der Waals surface area contributed by atoms with Gasteiger partial charge in [0, 0.05) is 11.7 Å². The lowest BCUT2D eigenvalue weighted by Gasteiger charge is -2.22. The van der Waals surface area contributed by atoms with E-state index in [1.54, 1.807) is 0 Å². The summed E-state index contributed by atoms with van der Waals surface area (Å²) in [4.78, 5) is 0. The second-order valence-corrected chi connectivity index (χ2v) is 5.50. The van der Waals surface area contributed by atoms with Crippen molar-refractivity contribution in [2.75, 3.05) is 11.9 Å². The highest BCUT2D eigenvalue weighted by atomic mass is 16.5. The van der Waals surface area contributed by atoms with Crippen molar-refractivity contribution >= 4 is 5.69 Å². The van der Waals surface area contributed by atoms with Gasteiger partial charge in [-0.25, -0.2) is 0 Å². The molecule has 0 heterocycles. The fraction of sp³-hybridized carbons (Fsp3) is 0.588. The number of hydrogen-bond donors (Lipinski definition) is 1. The standard InChI is InChI=1S/C17H24N2O/c1-2-12-20-16-10-8-15(9-11-16)19-17-7-5-3-4-6-14(17)13-18/h8-11,14,17,19H,2-7,12H2,1H3. The Morgan fingerprint density at radius 1 is 1.20 bits per heavy atom. The highest BCUT2D eigenvalue weighted by Gasteiger charge is 2.23. The topological polar surface area (TPSA) is 45.0 Å². The van der Waals surface area contributed by atoms with Crippen LogP contribution in [0.2, 0.25) is 0 Å². The first-order chi connectivity index (χ1) is 9.83. The molecule has 3 heteroatoms. The van der Waals surface area contributed by atoms with Crippen LogP contribution < -0.4 is 10.1 Å². The monoisotopic (exact) mass is 272 g/mol. The summed E-state index contributed by atoms with van der Waals surface area (Å²) >= 11 is 0. The van der Waals surface area contributed by atoms with Crippen LogP contribution in [0, 0.1) is 17.2 Å². The molecule has 1 aromatic rings. The Kier molecular flexibility index (Phi) is 5.73. The van der Waals surface area contributed by atoms with E-state index in [0.29, 0.717) is 0 Å². The molecule has 20 heavy (non-hydrogen) atoms. The summed E-state index contributed by atoms with van der Waals surface area (Å²) in [5.41, 5.74) is 1.08. The number of ether oxygens (including phenoxy) is 1. The molecule has 0 aliphatic heterocycles. The maximum Gasteiger partial charge on any atom is 0.119 e. The number of benzene rings is 1. The molecule has 3 nitrogen and oxygen atoms in total. The van der Waals surface area contributed by atoms with E-state index in [0.717, 1.165) is 37.3 Å². The summed E-state index contributed by atoms with van der Waals surface area (Å²) in [6.45, 7) is 2.86. The van der Waals surface area contributed by atoms with E-state index in [4.69, 9.17) is 4.74 Å². The van der Waals surface area contributed by atoms with Crippen LogP contribution in [0.3, 0.4) is 0 Å². The second kappa shape index (κ2) is 7.79.